The van der Waals surface area contributed by atoms with Crippen molar-refractivity contribution in [3.8, 4) is 22.5 Å². The number of halogens is 1. The number of benzene rings is 1. The Kier molecular flexibility index (Phi) is 4.95. The van der Waals surface area contributed by atoms with E-state index in [0.717, 1.165) is 52.4 Å². The fourth-order valence-electron chi connectivity index (χ4n) is 3.40. The topological polar surface area (TPSA) is 42.2 Å². The van der Waals surface area contributed by atoms with Gasteiger partial charge in [-0.2, -0.15) is 0 Å². The van der Waals surface area contributed by atoms with Crippen LogP contribution in [0.3, 0.4) is 0 Å². The molecule has 1 aromatic carbocycles. The predicted octanol–water partition coefficient (Wildman–Crippen LogP) is 5.15. The summed E-state index contributed by atoms with van der Waals surface area (Å²) in [5.41, 5.74) is 4.19. The van der Waals surface area contributed by atoms with E-state index in [1.807, 2.05) is 36.5 Å². The lowest BCUT2D eigenvalue weighted by molar-refractivity contribution is 0.215. The van der Waals surface area contributed by atoms with Gasteiger partial charge in [0.1, 0.15) is 10.3 Å². The Morgan fingerprint density at radius 2 is 1.80 bits per heavy atom. The molecular weight excluding hydrogens is 378 g/mol. The summed E-state index contributed by atoms with van der Waals surface area (Å²) < 4.78 is 6.62. The molecule has 0 saturated carbocycles. The van der Waals surface area contributed by atoms with Crippen LogP contribution in [0.4, 0.5) is 0 Å². The number of nitrogens with zero attached hydrogens (tertiary/aromatic N) is 3. The van der Waals surface area contributed by atoms with Gasteiger partial charge in [-0.1, -0.05) is 41.9 Å². The Morgan fingerprint density at radius 1 is 1.00 bits per heavy atom. The second-order valence-corrected chi connectivity index (χ2v) is 7.22. The molecule has 1 aliphatic rings. The van der Waals surface area contributed by atoms with Crippen molar-refractivity contribution >= 4 is 15.9 Å². The molecule has 0 unspecified atom stereocenters. The van der Waals surface area contributed by atoms with Gasteiger partial charge in [0.2, 0.25) is 0 Å². The molecule has 0 radical (unpaired) electrons. The van der Waals surface area contributed by atoms with E-state index >= 15 is 0 Å². The van der Waals surface area contributed by atoms with Gasteiger partial charge in [0, 0.05) is 18.3 Å². The Balaban J connectivity index is 1.77. The average molecular weight is 398 g/mol. The Hall–Kier alpha value is -1.98. The highest BCUT2D eigenvalue weighted by molar-refractivity contribution is 9.10. The standard InChI is InChI=1S/C20H20BrN3O/c21-18-13-16(9-10-22-18)19-17(14-24-11-5-2-6-12-24)23-25-20(19)15-7-3-1-4-8-15/h1,3-4,7-10,13H,2,5-6,11-12,14H2. The third kappa shape index (κ3) is 3.67. The molecule has 3 aromatic rings. The zero-order valence-electron chi connectivity index (χ0n) is 14.0. The number of aromatic nitrogens is 2. The van der Waals surface area contributed by atoms with Gasteiger partial charge in [0.05, 0.1) is 5.56 Å². The predicted molar refractivity (Wildman–Crippen MR) is 102 cm³/mol. The van der Waals surface area contributed by atoms with E-state index in [2.05, 4.69) is 43.1 Å². The number of likely N-dealkylation sites (tertiary alicyclic amines) is 1. The highest BCUT2D eigenvalue weighted by Crippen LogP contribution is 2.36. The van der Waals surface area contributed by atoms with Crippen molar-refractivity contribution in [2.24, 2.45) is 0 Å². The van der Waals surface area contributed by atoms with Crippen molar-refractivity contribution in [3.05, 3.63) is 59.0 Å². The molecule has 4 nitrogen and oxygen atoms in total. The second kappa shape index (κ2) is 7.50. The molecule has 4 rings (SSSR count). The van der Waals surface area contributed by atoms with Crippen LogP contribution in [0.15, 0.2) is 57.8 Å². The van der Waals surface area contributed by atoms with Crippen molar-refractivity contribution in [3.63, 3.8) is 0 Å². The minimum absolute atomic E-state index is 0.814. The third-order valence-electron chi connectivity index (χ3n) is 4.64. The average Bonchev–Trinajstić information content (AvgIpc) is 3.07. The van der Waals surface area contributed by atoms with Crippen LogP contribution in [0.1, 0.15) is 25.0 Å². The van der Waals surface area contributed by atoms with Gasteiger partial charge in [-0.25, -0.2) is 4.98 Å². The summed E-state index contributed by atoms with van der Waals surface area (Å²) in [6, 6.07) is 14.2. The molecule has 0 atom stereocenters. The smallest absolute Gasteiger partial charge is 0.174 e. The van der Waals surface area contributed by atoms with Crippen LogP contribution in [0.2, 0.25) is 0 Å². The van der Waals surface area contributed by atoms with Gasteiger partial charge in [-0.15, -0.1) is 0 Å². The Labute approximate surface area is 156 Å². The Bertz CT molecular complexity index is 841. The summed E-state index contributed by atoms with van der Waals surface area (Å²) >= 11 is 3.48. The van der Waals surface area contributed by atoms with Crippen molar-refractivity contribution < 1.29 is 4.52 Å². The summed E-state index contributed by atoms with van der Waals surface area (Å²) in [6.45, 7) is 3.09. The van der Waals surface area contributed by atoms with Crippen LogP contribution in [0.25, 0.3) is 22.5 Å². The largest absolute Gasteiger partial charge is 0.355 e. The van der Waals surface area contributed by atoms with Crippen LogP contribution in [-0.4, -0.2) is 28.1 Å². The zero-order valence-corrected chi connectivity index (χ0v) is 15.6. The first-order chi connectivity index (χ1) is 12.3. The molecule has 1 fully saturated rings. The fraction of sp³-hybridized carbons (Fsp3) is 0.300. The lowest BCUT2D eigenvalue weighted by Gasteiger charge is -2.25. The quantitative estimate of drug-likeness (QED) is 0.570. The molecule has 5 heteroatoms. The number of rotatable bonds is 4. The molecule has 3 heterocycles. The lowest BCUT2D eigenvalue weighted by atomic mass is 9.99. The zero-order chi connectivity index (χ0) is 17.1. The fourth-order valence-corrected chi connectivity index (χ4v) is 3.77. The van der Waals surface area contributed by atoms with Gasteiger partial charge in [0.15, 0.2) is 5.76 Å². The van der Waals surface area contributed by atoms with E-state index in [9.17, 15) is 0 Å². The first kappa shape index (κ1) is 16.5. The highest BCUT2D eigenvalue weighted by Gasteiger charge is 2.22. The van der Waals surface area contributed by atoms with E-state index in [-0.39, 0.29) is 0 Å². The van der Waals surface area contributed by atoms with E-state index in [1.165, 1.54) is 19.3 Å². The lowest BCUT2D eigenvalue weighted by Crippen LogP contribution is -2.29. The molecule has 0 aliphatic carbocycles. The molecule has 1 aliphatic heterocycles. The number of hydrogen-bond donors (Lipinski definition) is 0. The van der Waals surface area contributed by atoms with Crippen molar-refractivity contribution in [2.45, 2.75) is 25.8 Å². The van der Waals surface area contributed by atoms with Crippen LogP contribution < -0.4 is 0 Å². The minimum atomic E-state index is 0.814. The van der Waals surface area contributed by atoms with Gasteiger partial charge >= 0.3 is 0 Å². The SMILES string of the molecule is Brc1cc(-c2c(CN3CCCCC3)noc2-c2ccccc2)ccn1. The van der Waals surface area contributed by atoms with E-state index < -0.39 is 0 Å². The van der Waals surface area contributed by atoms with Gasteiger partial charge in [-0.05, 0) is 59.6 Å². The molecule has 2 aromatic heterocycles. The number of pyridine rings is 1. The van der Waals surface area contributed by atoms with Crippen LogP contribution in [0, 0.1) is 0 Å². The summed E-state index contributed by atoms with van der Waals surface area (Å²) in [7, 11) is 0. The van der Waals surface area contributed by atoms with E-state index in [4.69, 9.17) is 4.52 Å². The third-order valence-corrected chi connectivity index (χ3v) is 5.07. The summed E-state index contributed by atoms with van der Waals surface area (Å²) in [4.78, 5) is 6.72. The molecule has 0 amide bonds. The molecule has 0 N–H and O–H groups in total. The van der Waals surface area contributed by atoms with E-state index in [1.54, 1.807) is 0 Å². The molecule has 0 spiro atoms. The number of piperidine rings is 1. The molecule has 128 valence electrons. The maximum absolute atomic E-state index is 5.81. The van der Waals surface area contributed by atoms with Crippen LogP contribution in [-0.2, 0) is 6.54 Å². The minimum Gasteiger partial charge on any atom is -0.355 e. The maximum atomic E-state index is 5.81. The van der Waals surface area contributed by atoms with Crippen molar-refractivity contribution in [2.75, 3.05) is 13.1 Å². The summed E-state index contributed by atoms with van der Waals surface area (Å²) in [5, 5.41) is 4.44. The molecule has 1 saturated heterocycles. The van der Waals surface area contributed by atoms with Gasteiger partial charge < -0.3 is 4.52 Å². The maximum Gasteiger partial charge on any atom is 0.174 e. The summed E-state index contributed by atoms with van der Waals surface area (Å²) in [5.74, 6) is 0.825. The molecule has 0 bridgehead atoms. The van der Waals surface area contributed by atoms with Crippen LogP contribution in [0.5, 0.6) is 0 Å². The van der Waals surface area contributed by atoms with Crippen molar-refractivity contribution in [1.82, 2.24) is 15.0 Å². The van der Waals surface area contributed by atoms with E-state index in [0.29, 0.717) is 0 Å². The first-order valence-corrected chi connectivity index (χ1v) is 9.49. The van der Waals surface area contributed by atoms with Crippen molar-refractivity contribution in [1.29, 1.82) is 0 Å². The normalized spacial score (nSPS) is 15.4. The van der Waals surface area contributed by atoms with Gasteiger partial charge in [0.25, 0.3) is 0 Å². The molecule has 25 heavy (non-hydrogen) atoms. The monoisotopic (exact) mass is 397 g/mol. The summed E-state index contributed by atoms with van der Waals surface area (Å²) in [6.07, 6.45) is 5.67. The second-order valence-electron chi connectivity index (χ2n) is 6.40. The first-order valence-electron chi connectivity index (χ1n) is 8.69. The molecular formula is C20H20BrN3O. The Morgan fingerprint density at radius 3 is 2.56 bits per heavy atom. The van der Waals surface area contributed by atoms with Gasteiger partial charge in [-0.3, -0.25) is 4.90 Å². The van der Waals surface area contributed by atoms with Crippen LogP contribution >= 0.6 is 15.9 Å². The number of hydrogen-bond acceptors (Lipinski definition) is 4. The highest BCUT2D eigenvalue weighted by atomic mass is 79.9.